The van der Waals surface area contributed by atoms with Crippen molar-refractivity contribution in [1.82, 2.24) is 0 Å². The lowest BCUT2D eigenvalue weighted by atomic mass is 9.88. The summed E-state index contributed by atoms with van der Waals surface area (Å²) < 4.78 is 0. The molecule has 1 aliphatic carbocycles. The van der Waals surface area contributed by atoms with Crippen LogP contribution in [0.3, 0.4) is 0 Å². The van der Waals surface area contributed by atoms with Gasteiger partial charge in [0.1, 0.15) is 0 Å². The minimum Gasteiger partial charge on any atom is -0.0732 e. The van der Waals surface area contributed by atoms with Crippen LogP contribution in [0.2, 0.25) is 0 Å². The molecule has 1 heteroatoms. The van der Waals surface area contributed by atoms with Crippen molar-refractivity contribution >= 4 is 23.8 Å². The zero-order valence-electron chi connectivity index (χ0n) is 33.4. The van der Waals surface area contributed by atoms with Crippen molar-refractivity contribution in [3.63, 3.8) is 0 Å². The van der Waals surface area contributed by atoms with Gasteiger partial charge in [0, 0.05) is 5.92 Å². The summed E-state index contributed by atoms with van der Waals surface area (Å²) in [5, 5.41) is 4.90. The van der Waals surface area contributed by atoms with Gasteiger partial charge in [-0.2, -0.15) is 0 Å². The van der Waals surface area contributed by atoms with Crippen molar-refractivity contribution in [1.29, 1.82) is 0 Å². The van der Waals surface area contributed by atoms with Crippen LogP contribution in [-0.2, 0) is 0 Å². The van der Waals surface area contributed by atoms with Gasteiger partial charge in [0.25, 0.3) is 0 Å². The fourth-order valence-corrected chi connectivity index (χ4v) is 11.5. The number of benzene rings is 3. The molecule has 0 aliphatic heterocycles. The predicted molar refractivity (Wildman–Crippen MR) is 219 cm³/mol. The number of hydrogen-bond acceptors (Lipinski definition) is 0. The Labute approximate surface area is 297 Å². The standard InChI is InChI=1S/C47H67P/c1-27(2)36-21-39(29(5)6)45(40(22-36)30(7)8)48(46-41(31(9)10)23-37(28(3)4)24-42(46)32(11)12)47-43(33(13)14)25-38(26-44(47)34(15)16)35-19-17-18-20-35/h17-35H,1-16H3. The third-order valence-electron chi connectivity index (χ3n) is 10.4. The van der Waals surface area contributed by atoms with Crippen molar-refractivity contribution < 1.29 is 0 Å². The molecule has 48 heavy (non-hydrogen) atoms. The third kappa shape index (κ3) is 7.81. The van der Waals surface area contributed by atoms with Gasteiger partial charge in [0.05, 0.1) is 0 Å². The Hall–Kier alpha value is -2.43. The molecule has 0 N–H and O–H groups in total. The van der Waals surface area contributed by atoms with Gasteiger partial charge in [-0.05, 0) is 121 Å². The maximum Gasteiger partial charge on any atom is 0.0205 e. The first-order valence-corrected chi connectivity index (χ1v) is 20.5. The third-order valence-corrected chi connectivity index (χ3v) is 13.3. The molecular weight excluding hydrogens is 595 g/mol. The van der Waals surface area contributed by atoms with Crippen LogP contribution in [-0.4, -0.2) is 0 Å². The molecule has 4 rings (SSSR count). The van der Waals surface area contributed by atoms with E-state index in [2.05, 4.69) is 171 Å². The van der Waals surface area contributed by atoms with E-state index in [9.17, 15) is 0 Å². The maximum atomic E-state index is 2.60. The topological polar surface area (TPSA) is 0 Å². The van der Waals surface area contributed by atoms with E-state index in [-0.39, 0.29) is 0 Å². The van der Waals surface area contributed by atoms with Crippen LogP contribution in [0.25, 0.3) is 0 Å². The molecule has 0 unspecified atom stereocenters. The summed E-state index contributed by atoms with van der Waals surface area (Å²) in [6.07, 6.45) is 9.16. The molecule has 0 saturated carbocycles. The van der Waals surface area contributed by atoms with Gasteiger partial charge in [0.15, 0.2) is 0 Å². The van der Waals surface area contributed by atoms with Crippen molar-refractivity contribution in [3.8, 4) is 0 Å². The van der Waals surface area contributed by atoms with Crippen LogP contribution in [0.1, 0.15) is 214 Å². The number of hydrogen-bond donors (Lipinski definition) is 0. The van der Waals surface area contributed by atoms with E-state index in [4.69, 9.17) is 0 Å². The molecule has 0 saturated heterocycles. The Bertz CT molecular complexity index is 1460. The van der Waals surface area contributed by atoms with Gasteiger partial charge < -0.3 is 0 Å². The SMILES string of the molecule is CC(C)c1cc(C(C)C)c(P(c2c(C(C)C)cc(C(C)C)cc2C(C)C)c2c(C(C)C)cc(C3C=CC=C3)cc2C(C)C)c(C(C)C)c1. The molecule has 0 spiro atoms. The molecule has 0 bridgehead atoms. The van der Waals surface area contributed by atoms with Gasteiger partial charge in [-0.1, -0.05) is 171 Å². The lowest BCUT2D eigenvalue weighted by Gasteiger charge is -2.37. The lowest BCUT2D eigenvalue weighted by molar-refractivity contribution is 0.810. The summed E-state index contributed by atoms with van der Waals surface area (Å²) in [7, 11) is -0.889. The monoisotopic (exact) mass is 662 g/mol. The largest absolute Gasteiger partial charge is 0.0732 e. The minimum atomic E-state index is -0.889. The summed E-state index contributed by atoms with van der Waals surface area (Å²) in [6.45, 7) is 38.7. The first kappa shape index (κ1) is 38.4. The molecule has 0 nitrogen and oxygen atoms in total. The van der Waals surface area contributed by atoms with Gasteiger partial charge in [-0.15, -0.1) is 0 Å². The summed E-state index contributed by atoms with van der Waals surface area (Å²) in [5.41, 5.74) is 13.7. The summed E-state index contributed by atoms with van der Waals surface area (Å²) in [4.78, 5) is 0. The molecule has 0 fully saturated rings. The highest BCUT2D eigenvalue weighted by molar-refractivity contribution is 7.80. The zero-order chi connectivity index (χ0) is 35.8. The van der Waals surface area contributed by atoms with Gasteiger partial charge in [-0.3, -0.25) is 0 Å². The molecule has 0 heterocycles. The quantitative estimate of drug-likeness (QED) is 0.169. The van der Waals surface area contributed by atoms with Crippen molar-refractivity contribution in [2.45, 2.75) is 164 Å². The highest BCUT2D eigenvalue weighted by atomic mass is 31.1. The number of rotatable bonds is 12. The lowest BCUT2D eigenvalue weighted by Crippen LogP contribution is -2.35. The summed E-state index contributed by atoms with van der Waals surface area (Å²) in [6, 6.07) is 15.6. The fourth-order valence-electron chi connectivity index (χ4n) is 7.38. The number of allylic oxidation sites excluding steroid dienone is 4. The minimum absolute atomic E-state index is 0.353. The average Bonchev–Trinajstić information content (AvgIpc) is 3.55. The molecule has 0 radical (unpaired) electrons. The van der Waals surface area contributed by atoms with Crippen LogP contribution in [0.15, 0.2) is 60.7 Å². The van der Waals surface area contributed by atoms with E-state index in [1.165, 1.54) is 16.7 Å². The first-order valence-electron chi connectivity index (χ1n) is 19.1. The second-order valence-corrected chi connectivity index (χ2v) is 19.0. The highest BCUT2D eigenvalue weighted by Gasteiger charge is 2.35. The molecule has 0 amide bonds. The zero-order valence-corrected chi connectivity index (χ0v) is 34.3. The van der Waals surface area contributed by atoms with E-state index in [0.717, 1.165) is 0 Å². The highest BCUT2D eigenvalue weighted by Crippen LogP contribution is 2.48. The Morgan fingerprint density at radius 2 is 0.604 bits per heavy atom. The Balaban J connectivity index is 2.36. The van der Waals surface area contributed by atoms with Crippen molar-refractivity contribution in [2.24, 2.45) is 0 Å². The normalized spacial score (nSPS) is 14.0. The Morgan fingerprint density at radius 3 is 0.833 bits per heavy atom. The van der Waals surface area contributed by atoms with Gasteiger partial charge >= 0.3 is 0 Å². The predicted octanol–water partition coefficient (Wildman–Crippen LogP) is 13.6. The fraction of sp³-hybridized carbons (Fsp3) is 0.532. The van der Waals surface area contributed by atoms with Gasteiger partial charge in [-0.25, -0.2) is 0 Å². The second-order valence-electron chi connectivity index (χ2n) is 17.0. The molecule has 1 aliphatic rings. The van der Waals surface area contributed by atoms with E-state index in [1.807, 2.05) is 0 Å². The van der Waals surface area contributed by atoms with Crippen LogP contribution in [0, 0.1) is 0 Å². The summed E-state index contributed by atoms with van der Waals surface area (Å²) >= 11 is 0. The van der Waals surface area contributed by atoms with Crippen molar-refractivity contribution in [2.75, 3.05) is 0 Å². The Morgan fingerprint density at radius 1 is 0.354 bits per heavy atom. The molecule has 0 atom stereocenters. The summed E-state index contributed by atoms with van der Waals surface area (Å²) in [5.74, 6) is 3.88. The van der Waals surface area contributed by atoms with Crippen LogP contribution in [0.4, 0.5) is 0 Å². The molecule has 3 aromatic rings. The van der Waals surface area contributed by atoms with E-state index in [1.54, 1.807) is 49.3 Å². The average molecular weight is 663 g/mol. The van der Waals surface area contributed by atoms with Crippen LogP contribution < -0.4 is 15.9 Å². The van der Waals surface area contributed by atoms with E-state index >= 15 is 0 Å². The first-order chi connectivity index (χ1) is 22.5. The van der Waals surface area contributed by atoms with Crippen molar-refractivity contribution in [3.05, 3.63) is 111 Å². The van der Waals surface area contributed by atoms with Crippen LogP contribution in [0.5, 0.6) is 0 Å². The second kappa shape index (κ2) is 15.6. The molecule has 0 aromatic heterocycles. The molecular formula is C47H67P. The molecule has 260 valence electrons. The molecule has 3 aromatic carbocycles. The Kier molecular flexibility index (Phi) is 12.5. The van der Waals surface area contributed by atoms with E-state index in [0.29, 0.717) is 53.3 Å². The van der Waals surface area contributed by atoms with Gasteiger partial charge in [0.2, 0.25) is 0 Å². The van der Waals surface area contributed by atoms with E-state index < -0.39 is 7.92 Å². The van der Waals surface area contributed by atoms with Crippen LogP contribution >= 0.6 is 7.92 Å². The maximum absolute atomic E-state index is 2.60. The smallest absolute Gasteiger partial charge is 0.0205 e.